The Hall–Kier alpha value is -2.97. The summed E-state index contributed by atoms with van der Waals surface area (Å²) in [4.78, 5) is 12.6. The molecule has 2 aromatic heterocycles. The molecule has 0 saturated heterocycles. The molecule has 0 radical (unpaired) electrons. The molecule has 9 heteroatoms. The molecule has 0 unspecified atom stereocenters. The van der Waals surface area contributed by atoms with Crippen LogP contribution in [-0.4, -0.2) is 27.9 Å². The quantitative estimate of drug-likeness (QED) is 0.501. The van der Waals surface area contributed by atoms with Gasteiger partial charge in [0.25, 0.3) is 10.0 Å². The van der Waals surface area contributed by atoms with Crippen molar-refractivity contribution in [3.63, 3.8) is 0 Å². The van der Waals surface area contributed by atoms with E-state index < -0.39 is 10.0 Å². The molecular weight excluding hydrogens is 422 g/mol. The third-order valence-electron chi connectivity index (χ3n) is 4.71. The maximum absolute atomic E-state index is 13.0. The summed E-state index contributed by atoms with van der Waals surface area (Å²) in [6.07, 6.45) is 4.55. The molecule has 0 bridgehead atoms. The van der Waals surface area contributed by atoms with E-state index in [1.54, 1.807) is 47.4 Å². The fourth-order valence-corrected chi connectivity index (χ4v) is 4.31. The van der Waals surface area contributed by atoms with Crippen molar-refractivity contribution in [2.45, 2.75) is 31.1 Å². The van der Waals surface area contributed by atoms with E-state index in [4.69, 9.17) is 11.6 Å². The standard InChI is InChI=1S/C21H20ClN5O2S/c1-21(2,3)14-4-7-16(8-5-14)30(28,29)26-17-9-6-15(22)10-19(17)27-13-25-18-11-23-12-24-20(18)27/h4-13,26H,1-3H3. The Labute approximate surface area is 179 Å². The predicted molar refractivity (Wildman–Crippen MR) is 118 cm³/mol. The van der Waals surface area contributed by atoms with Gasteiger partial charge < -0.3 is 0 Å². The van der Waals surface area contributed by atoms with Crippen molar-refractivity contribution < 1.29 is 8.42 Å². The molecule has 4 aromatic rings. The second kappa shape index (κ2) is 7.37. The van der Waals surface area contributed by atoms with Crippen LogP contribution >= 0.6 is 11.6 Å². The third-order valence-corrected chi connectivity index (χ3v) is 6.32. The van der Waals surface area contributed by atoms with Gasteiger partial charge in [-0.05, 0) is 41.3 Å². The van der Waals surface area contributed by atoms with Gasteiger partial charge in [-0.25, -0.2) is 23.4 Å². The molecule has 0 aliphatic rings. The average Bonchev–Trinajstić information content (AvgIpc) is 3.13. The zero-order chi connectivity index (χ0) is 21.5. The van der Waals surface area contributed by atoms with Gasteiger partial charge >= 0.3 is 0 Å². The first kappa shape index (κ1) is 20.3. The molecule has 2 heterocycles. The molecule has 0 atom stereocenters. The first-order valence-corrected chi connectivity index (χ1v) is 11.1. The second-order valence-electron chi connectivity index (χ2n) is 7.89. The van der Waals surface area contributed by atoms with Crippen molar-refractivity contribution >= 4 is 38.5 Å². The number of imidazole rings is 1. The molecule has 0 spiro atoms. The summed E-state index contributed by atoms with van der Waals surface area (Å²) in [5.41, 5.74) is 2.99. The first-order chi connectivity index (χ1) is 14.1. The molecule has 7 nitrogen and oxygen atoms in total. The largest absolute Gasteiger partial charge is 0.281 e. The molecule has 1 N–H and O–H groups in total. The van der Waals surface area contributed by atoms with Gasteiger partial charge in [-0.2, -0.15) is 0 Å². The van der Waals surface area contributed by atoms with E-state index in [9.17, 15) is 8.42 Å². The van der Waals surface area contributed by atoms with Crippen LogP contribution in [0.3, 0.4) is 0 Å². The molecule has 0 fully saturated rings. The van der Waals surface area contributed by atoms with Crippen LogP contribution < -0.4 is 4.72 Å². The van der Waals surface area contributed by atoms with Crippen LogP contribution in [0.5, 0.6) is 0 Å². The van der Waals surface area contributed by atoms with Crippen molar-refractivity contribution in [1.29, 1.82) is 0 Å². The molecule has 30 heavy (non-hydrogen) atoms. The average molecular weight is 442 g/mol. The summed E-state index contributed by atoms with van der Waals surface area (Å²) >= 11 is 6.19. The minimum Gasteiger partial charge on any atom is -0.281 e. The summed E-state index contributed by atoms with van der Waals surface area (Å²) in [6.45, 7) is 6.23. The van der Waals surface area contributed by atoms with E-state index in [0.717, 1.165) is 5.56 Å². The molecule has 2 aromatic carbocycles. The van der Waals surface area contributed by atoms with Crippen LogP contribution in [0.15, 0.2) is 66.2 Å². The molecule has 4 rings (SSSR count). The minimum absolute atomic E-state index is 0.0661. The normalized spacial score (nSPS) is 12.3. The van der Waals surface area contributed by atoms with Crippen LogP contribution in [0, 0.1) is 0 Å². The van der Waals surface area contributed by atoms with Crippen LogP contribution in [0.4, 0.5) is 5.69 Å². The van der Waals surface area contributed by atoms with Gasteiger partial charge in [0.2, 0.25) is 0 Å². The summed E-state index contributed by atoms with van der Waals surface area (Å²) < 4.78 is 30.4. The summed E-state index contributed by atoms with van der Waals surface area (Å²) in [5, 5.41) is 0.457. The zero-order valence-electron chi connectivity index (χ0n) is 16.7. The lowest BCUT2D eigenvalue weighted by molar-refractivity contribution is 0.587. The maximum Gasteiger partial charge on any atom is 0.261 e. The highest BCUT2D eigenvalue weighted by Gasteiger charge is 2.20. The predicted octanol–water partition coefficient (Wildman–Crippen LogP) is 4.57. The van der Waals surface area contributed by atoms with Gasteiger partial charge in [0.15, 0.2) is 5.65 Å². The minimum atomic E-state index is -3.81. The summed E-state index contributed by atoms with van der Waals surface area (Å²) in [6, 6.07) is 11.8. The Morgan fingerprint density at radius 2 is 1.77 bits per heavy atom. The summed E-state index contributed by atoms with van der Waals surface area (Å²) in [5.74, 6) is 0. The van der Waals surface area contributed by atoms with Gasteiger partial charge in [-0.15, -0.1) is 0 Å². The number of halogens is 1. The number of hydrogen-bond acceptors (Lipinski definition) is 5. The Morgan fingerprint density at radius 3 is 2.47 bits per heavy atom. The van der Waals surface area contributed by atoms with E-state index in [2.05, 4.69) is 40.4 Å². The molecule has 0 amide bonds. The molecule has 0 saturated carbocycles. The number of sulfonamides is 1. The number of rotatable bonds is 4. The van der Waals surface area contributed by atoms with Crippen LogP contribution in [0.25, 0.3) is 16.9 Å². The smallest absolute Gasteiger partial charge is 0.261 e. The van der Waals surface area contributed by atoms with Gasteiger partial charge in [-0.3, -0.25) is 9.29 Å². The van der Waals surface area contributed by atoms with Crippen molar-refractivity contribution in [1.82, 2.24) is 19.5 Å². The number of anilines is 1. The number of nitrogens with zero attached hydrogens (tertiary/aromatic N) is 4. The van der Waals surface area contributed by atoms with E-state index >= 15 is 0 Å². The fourth-order valence-electron chi connectivity index (χ4n) is 3.07. The Bertz CT molecular complexity index is 1330. The number of benzene rings is 2. The number of nitrogens with one attached hydrogen (secondary N) is 1. The second-order valence-corrected chi connectivity index (χ2v) is 10.0. The molecule has 0 aliphatic carbocycles. The lowest BCUT2D eigenvalue weighted by Crippen LogP contribution is -2.16. The SMILES string of the molecule is CC(C)(C)c1ccc(S(=O)(=O)Nc2ccc(Cl)cc2-n2cnc3cncnc32)cc1. The fraction of sp³-hybridized carbons (Fsp3) is 0.190. The van der Waals surface area contributed by atoms with E-state index in [1.165, 1.54) is 6.33 Å². The van der Waals surface area contributed by atoms with E-state index in [-0.39, 0.29) is 10.3 Å². The number of fused-ring (bicyclic) bond motifs is 1. The number of aromatic nitrogens is 4. The van der Waals surface area contributed by atoms with Crippen molar-refractivity contribution in [3.05, 3.63) is 71.9 Å². The topological polar surface area (TPSA) is 89.8 Å². The highest BCUT2D eigenvalue weighted by atomic mass is 35.5. The Morgan fingerprint density at radius 1 is 1.03 bits per heavy atom. The Kier molecular flexibility index (Phi) is 4.99. The lowest BCUT2D eigenvalue weighted by Gasteiger charge is -2.19. The number of hydrogen-bond donors (Lipinski definition) is 1. The van der Waals surface area contributed by atoms with Gasteiger partial charge in [0.1, 0.15) is 18.2 Å². The molecule has 154 valence electrons. The van der Waals surface area contributed by atoms with Crippen LogP contribution in [0.2, 0.25) is 5.02 Å². The molecule has 0 aliphatic heterocycles. The maximum atomic E-state index is 13.0. The highest BCUT2D eigenvalue weighted by Crippen LogP contribution is 2.29. The summed E-state index contributed by atoms with van der Waals surface area (Å²) in [7, 11) is -3.81. The van der Waals surface area contributed by atoms with E-state index in [1.807, 2.05) is 12.1 Å². The van der Waals surface area contributed by atoms with E-state index in [0.29, 0.717) is 27.6 Å². The molecular formula is C21H20ClN5O2S. The van der Waals surface area contributed by atoms with Gasteiger partial charge in [0.05, 0.1) is 22.5 Å². The Balaban J connectivity index is 1.75. The van der Waals surface area contributed by atoms with Gasteiger partial charge in [-0.1, -0.05) is 44.5 Å². The monoisotopic (exact) mass is 441 g/mol. The van der Waals surface area contributed by atoms with Crippen LogP contribution in [0.1, 0.15) is 26.3 Å². The van der Waals surface area contributed by atoms with Crippen molar-refractivity contribution in [2.75, 3.05) is 4.72 Å². The van der Waals surface area contributed by atoms with Gasteiger partial charge in [0, 0.05) is 5.02 Å². The lowest BCUT2D eigenvalue weighted by atomic mass is 9.87. The third kappa shape index (κ3) is 3.88. The first-order valence-electron chi connectivity index (χ1n) is 9.21. The van der Waals surface area contributed by atoms with Crippen molar-refractivity contribution in [2.24, 2.45) is 0 Å². The zero-order valence-corrected chi connectivity index (χ0v) is 18.2. The van der Waals surface area contributed by atoms with Crippen LogP contribution in [-0.2, 0) is 15.4 Å². The highest BCUT2D eigenvalue weighted by molar-refractivity contribution is 7.92. The van der Waals surface area contributed by atoms with Crippen molar-refractivity contribution in [3.8, 4) is 5.69 Å².